The molecular weight excluding hydrogens is 261 g/mol. The Balaban J connectivity index is 0.000000686. The highest BCUT2D eigenvalue weighted by Gasteiger charge is 2.04. The largest absolute Gasteiger partial charge is 0.324 e. The van der Waals surface area contributed by atoms with Crippen molar-refractivity contribution in [3.63, 3.8) is 0 Å². The van der Waals surface area contributed by atoms with E-state index in [-0.39, 0.29) is 0 Å². The number of nitriles is 1. The van der Waals surface area contributed by atoms with Crippen molar-refractivity contribution in [2.45, 2.75) is 6.92 Å². The quantitative estimate of drug-likeness (QED) is 0.877. The Kier molecular flexibility index (Phi) is 4.76. The number of nitrogens with one attached hydrogen (secondary N) is 2. The molecule has 17 heavy (non-hydrogen) atoms. The van der Waals surface area contributed by atoms with E-state index in [2.05, 4.69) is 27.1 Å². The Morgan fingerprint density at radius 3 is 2.35 bits per heavy atom. The number of rotatable bonds is 2. The zero-order valence-electron chi connectivity index (χ0n) is 8.91. The molecule has 5 nitrogen and oxygen atoms in total. The summed E-state index contributed by atoms with van der Waals surface area (Å²) in [5.74, 6) is 0.547. The molecule has 0 saturated carbocycles. The van der Waals surface area contributed by atoms with Crippen LogP contribution in [0.25, 0.3) is 0 Å². The van der Waals surface area contributed by atoms with Crippen LogP contribution in [-0.4, -0.2) is 15.2 Å². The summed E-state index contributed by atoms with van der Waals surface area (Å²) < 4.78 is 0. The normalized spacial score (nSPS) is 9.24. The fourth-order valence-electron chi connectivity index (χ4n) is 1.12. The second kappa shape index (κ2) is 6.09. The van der Waals surface area contributed by atoms with Gasteiger partial charge in [-0.1, -0.05) is 23.2 Å². The number of hydrogen-bond acceptors (Lipinski definition) is 4. The van der Waals surface area contributed by atoms with Gasteiger partial charge in [-0.2, -0.15) is 10.1 Å². The molecule has 0 spiro atoms. The first-order valence-corrected chi connectivity index (χ1v) is 5.26. The summed E-state index contributed by atoms with van der Waals surface area (Å²) in [4.78, 5) is 3.93. The average molecular weight is 270 g/mol. The number of nitrogens with zero attached hydrogens (tertiary/aromatic N) is 3. The molecule has 2 rings (SSSR count). The second-order valence-electron chi connectivity index (χ2n) is 3.02. The molecule has 0 bridgehead atoms. The summed E-state index contributed by atoms with van der Waals surface area (Å²) in [6.07, 6.45) is 1.42. The minimum atomic E-state index is 0.547. The molecule has 0 saturated heterocycles. The topological polar surface area (TPSA) is 77.4 Å². The zero-order valence-corrected chi connectivity index (χ0v) is 10.4. The molecule has 1 aromatic heterocycles. The van der Waals surface area contributed by atoms with Crippen molar-refractivity contribution in [3.8, 4) is 6.57 Å². The smallest absolute Gasteiger partial charge is 0.222 e. The maximum atomic E-state index is 6.50. The fraction of sp³-hybridized carbons (Fsp3) is 0.100. The molecule has 2 aromatic rings. The van der Waals surface area contributed by atoms with Crippen molar-refractivity contribution in [1.29, 1.82) is 5.26 Å². The molecule has 2 N–H and O–H groups in total. The van der Waals surface area contributed by atoms with E-state index >= 15 is 0 Å². The molecule has 0 fully saturated rings. The maximum Gasteiger partial charge on any atom is 0.222 e. The van der Waals surface area contributed by atoms with Gasteiger partial charge in [0.05, 0.1) is 0 Å². The Labute approximate surface area is 108 Å². The van der Waals surface area contributed by atoms with Gasteiger partial charge >= 0.3 is 0 Å². The van der Waals surface area contributed by atoms with Gasteiger partial charge in [-0.05, 0) is 24.6 Å². The fourth-order valence-corrected chi connectivity index (χ4v) is 1.61. The monoisotopic (exact) mass is 269 g/mol. The molecule has 0 aliphatic heterocycles. The molecule has 0 amide bonds. The molecule has 1 aromatic carbocycles. The van der Waals surface area contributed by atoms with Crippen LogP contribution in [-0.2, 0) is 0 Å². The van der Waals surface area contributed by atoms with E-state index in [1.165, 1.54) is 6.33 Å². The summed E-state index contributed by atoms with van der Waals surface area (Å²) in [6.45, 7) is 5.36. The Morgan fingerprint density at radius 2 is 1.88 bits per heavy atom. The Morgan fingerprint density at radius 1 is 1.29 bits per heavy atom. The highest BCUT2D eigenvalue weighted by atomic mass is 35.5. The van der Waals surface area contributed by atoms with Crippen molar-refractivity contribution in [3.05, 3.63) is 34.1 Å². The lowest BCUT2D eigenvalue weighted by Crippen LogP contribution is -1.93. The van der Waals surface area contributed by atoms with Gasteiger partial charge in [-0.15, -0.1) is 0 Å². The highest BCUT2D eigenvalue weighted by molar-refractivity contribution is 6.36. The Hall–Kier alpha value is -1.77. The van der Waals surface area contributed by atoms with Gasteiger partial charge in [0.1, 0.15) is 6.33 Å². The third kappa shape index (κ3) is 3.34. The van der Waals surface area contributed by atoms with Crippen molar-refractivity contribution in [1.82, 2.24) is 15.2 Å². The van der Waals surface area contributed by atoms with Crippen LogP contribution in [0.4, 0.5) is 11.6 Å². The van der Waals surface area contributed by atoms with E-state index in [1.54, 1.807) is 12.1 Å². The average Bonchev–Trinajstić information content (AvgIpc) is 2.81. The predicted molar refractivity (Wildman–Crippen MR) is 67.5 cm³/mol. The maximum absolute atomic E-state index is 6.50. The lowest BCUT2D eigenvalue weighted by Gasteiger charge is -2.06. The van der Waals surface area contributed by atoms with Gasteiger partial charge in [0.25, 0.3) is 0 Å². The summed E-state index contributed by atoms with van der Waals surface area (Å²) in [5, 5.41) is 17.1. The SMILES string of the molecule is C#N.Cc1c(Cl)cc(Nc2ncn[nH]2)cc1Cl. The highest BCUT2D eigenvalue weighted by Crippen LogP contribution is 2.28. The van der Waals surface area contributed by atoms with E-state index in [0.717, 1.165) is 11.3 Å². The van der Waals surface area contributed by atoms with Crippen LogP contribution in [0, 0.1) is 18.8 Å². The van der Waals surface area contributed by atoms with E-state index in [9.17, 15) is 0 Å². The van der Waals surface area contributed by atoms with Crippen LogP contribution < -0.4 is 5.32 Å². The van der Waals surface area contributed by atoms with Crippen molar-refractivity contribution in [2.75, 3.05) is 5.32 Å². The number of anilines is 2. The van der Waals surface area contributed by atoms with Crippen LogP contribution in [0.2, 0.25) is 10.0 Å². The van der Waals surface area contributed by atoms with Crippen LogP contribution in [0.15, 0.2) is 18.5 Å². The lowest BCUT2D eigenvalue weighted by atomic mass is 10.2. The molecule has 0 radical (unpaired) electrons. The van der Waals surface area contributed by atoms with Crippen LogP contribution in [0.3, 0.4) is 0 Å². The Bertz CT molecular complexity index is 484. The molecule has 0 atom stereocenters. The number of aromatic amines is 1. The summed E-state index contributed by atoms with van der Waals surface area (Å²) in [5.41, 5.74) is 1.63. The van der Waals surface area contributed by atoms with E-state index in [1.807, 2.05) is 6.92 Å². The molecular formula is C10H9Cl2N5. The minimum absolute atomic E-state index is 0.547. The number of halogens is 2. The van der Waals surface area contributed by atoms with Crippen LogP contribution in [0.5, 0.6) is 0 Å². The molecule has 0 aliphatic carbocycles. The summed E-state index contributed by atoms with van der Waals surface area (Å²) in [7, 11) is 0. The third-order valence-corrected chi connectivity index (χ3v) is 2.74. The third-order valence-electron chi connectivity index (χ3n) is 1.96. The second-order valence-corrected chi connectivity index (χ2v) is 3.84. The molecule has 0 aliphatic rings. The van der Waals surface area contributed by atoms with Crippen molar-refractivity contribution >= 4 is 34.8 Å². The number of benzene rings is 1. The minimum Gasteiger partial charge on any atom is -0.324 e. The van der Waals surface area contributed by atoms with Gasteiger partial charge in [-0.3, -0.25) is 0 Å². The van der Waals surface area contributed by atoms with Crippen LogP contribution >= 0.6 is 23.2 Å². The van der Waals surface area contributed by atoms with E-state index < -0.39 is 0 Å². The standard InChI is InChI=1S/C9H8Cl2N4.CHN/c1-5-7(10)2-6(3-8(5)11)14-9-12-4-13-15-9;1-2/h2-4H,1H3,(H2,12,13,14,15);1H. The van der Waals surface area contributed by atoms with Gasteiger partial charge in [0, 0.05) is 22.3 Å². The first-order chi connectivity index (χ1) is 8.16. The first kappa shape index (κ1) is 13.3. The lowest BCUT2D eigenvalue weighted by molar-refractivity contribution is 1.09. The van der Waals surface area contributed by atoms with Gasteiger partial charge in [0.15, 0.2) is 0 Å². The van der Waals surface area contributed by atoms with Crippen molar-refractivity contribution in [2.24, 2.45) is 0 Å². The van der Waals surface area contributed by atoms with E-state index in [4.69, 9.17) is 28.5 Å². The molecule has 88 valence electrons. The first-order valence-electron chi connectivity index (χ1n) is 4.50. The molecule has 1 heterocycles. The van der Waals surface area contributed by atoms with E-state index in [0.29, 0.717) is 16.0 Å². The van der Waals surface area contributed by atoms with Crippen molar-refractivity contribution < 1.29 is 0 Å². The summed E-state index contributed by atoms with van der Waals surface area (Å²) >= 11 is 12.0. The van der Waals surface area contributed by atoms with Gasteiger partial charge < -0.3 is 5.32 Å². The van der Waals surface area contributed by atoms with Crippen LogP contribution in [0.1, 0.15) is 5.56 Å². The number of aromatic nitrogens is 3. The molecule has 7 heteroatoms. The summed E-state index contributed by atoms with van der Waals surface area (Å²) in [6, 6.07) is 3.57. The van der Waals surface area contributed by atoms with Gasteiger partial charge in [0.2, 0.25) is 5.95 Å². The molecule has 0 unspecified atom stereocenters. The van der Waals surface area contributed by atoms with Gasteiger partial charge in [-0.25, -0.2) is 10.4 Å². The number of hydrogen-bond donors (Lipinski definition) is 2. The zero-order chi connectivity index (χ0) is 12.8. The number of H-pyrrole nitrogens is 1. The predicted octanol–water partition coefficient (Wildman–Crippen LogP) is 3.30.